The molecule has 0 spiro atoms. The monoisotopic (exact) mass is 486 g/mol. The maximum absolute atomic E-state index is 13.7. The Morgan fingerprint density at radius 1 is 1.24 bits per heavy atom. The number of aromatic nitrogens is 1. The molecule has 2 atom stereocenters. The van der Waals surface area contributed by atoms with E-state index >= 15 is 0 Å². The van der Waals surface area contributed by atoms with Gasteiger partial charge in [-0.05, 0) is 19.4 Å². The molecule has 180 valence electrons. The second kappa shape index (κ2) is 8.98. The first-order valence-corrected chi connectivity index (χ1v) is 11.6. The molecule has 12 heteroatoms. The van der Waals surface area contributed by atoms with Crippen molar-refractivity contribution in [3.63, 3.8) is 0 Å². The van der Waals surface area contributed by atoms with Gasteiger partial charge in [0.25, 0.3) is 5.91 Å². The van der Waals surface area contributed by atoms with Crippen molar-refractivity contribution in [1.82, 2.24) is 15.2 Å². The minimum Gasteiger partial charge on any atom is -0.446 e. The maximum atomic E-state index is 13.7. The van der Waals surface area contributed by atoms with Crippen molar-refractivity contribution in [3.05, 3.63) is 22.6 Å². The summed E-state index contributed by atoms with van der Waals surface area (Å²) in [5.41, 5.74) is -0.687. The molecule has 2 aromatic rings. The number of carbonyl (C=O) groups is 2. The molecule has 2 fully saturated rings. The Morgan fingerprint density at radius 3 is 2.52 bits per heavy atom. The topological polar surface area (TPSA) is 95.0 Å². The maximum Gasteiger partial charge on any atom is 0.417 e. The lowest BCUT2D eigenvalue weighted by molar-refractivity contribution is -0.136. The number of thiophene rings is 1. The Kier molecular flexibility index (Phi) is 6.41. The Morgan fingerprint density at radius 2 is 1.94 bits per heavy atom. The lowest BCUT2D eigenvalue weighted by Crippen LogP contribution is -2.43. The SMILES string of the molecule is CNC(=O)c1csc2c(C(F)(F)F)cc(N3CCC(OC(=O)N4CC[C@@H](O)[C@@H]4C)CC3)nc12. The molecule has 4 heterocycles. The average Bonchev–Trinajstić information content (AvgIpc) is 3.35. The van der Waals surface area contributed by atoms with Crippen LogP contribution in [0.3, 0.4) is 0 Å². The van der Waals surface area contributed by atoms with Gasteiger partial charge in [0.15, 0.2) is 0 Å². The largest absolute Gasteiger partial charge is 0.446 e. The van der Waals surface area contributed by atoms with Crippen LogP contribution in [-0.4, -0.2) is 71.9 Å². The van der Waals surface area contributed by atoms with Crippen LogP contribution in [0.1, 0.15) is 42.1 Å². The third-order valence-corrected chi connectivity index (χ3v) is 7.27. The number of anilines is 1. The van der Waals surface area contributed by atoms with Gasteiger partial charge < -0.3 is 25.0 Å². The molecule has 2 aromatic heterocycles. The van der Waals surface area contributed by atoms with Gasteiger partial charge in [0.2, 0.25) is 0 Å². The molecule has 2 amide bonds. The van der Waals surface area contributed by atoms with Crippen LogP contribution < -0.4 is 10.2 Å². The molecule has 0 aromatic carbocycles. The van der Waals surface area contributed by atoms with E-state index in [0.29, 0.717) is 38.9 Å². The number of amides is 2. The average molecular weight is 487 g/mol. The molecule has 2 N–H and O–H groups in total. The van der Waals surface area contributed by atoms with E-state index in [1.165, 1.54) is 17.3 Å². The Balaban J connectivity index is 1.51. The van der Waals surface area contributed by atoms with Crippen LogP contribution in [0.15, 0.2) is 11.4 Å². The fourth-order valence-electron chi connectivity index (χ4n) is 4.26. The van der Waals surface area contributed by atoms with Crippen molar-refractivity contribution in [2.75, 3.05) is 31.6 Å². The number of nitrogens with zero attached hydrogens (tertiary/aromatic N) is 3. The minimum atomic E-state index is -4.59. The summed E-state index contributed by atoms with van der Waals surface area (Å²) in [6.45, 7) is 2.90. The molecule has 2 saturated heterocycles. The van der Waals surface area contributed by atoms with Gasteiger partial charge in [0, 0.05) is 44.9 Å². The highest BCUT2D eigenvalue weighted by molar-refractivity contribution is 7.17. The van der Waals surface area contributed by atoms with Gasteiger partial charge in [-0.25, -0.2) is 9.78 Å². The summed E-state index contributed by atoms with van der Waals surface area (Å²) in [5.74, 6) is -0.356. The number of aliphatic hydroxyl groups excluding tert-OH is 1. The van der Waals surface area contributed by atoms with Gasteiger partial charge in [-0.1, -0.05) is 0 Å². The summed E-state index contributed by atoms with van der Waals surface area (Å²) >= 11 is 0.844. The number of alkyl halides is 3. The number of ether oxygens (including phenoxy) is 1. The summed E-state index contributed by atoms with van der Waals surface area (Å²) in [7, 11) is 1.41. The Bertz CT molecular complexity index is 1050. The third-order valence-electron chi connectivity index (χ3n) is 6.27. The Labute approximate surface area is 192 Å². The van der Waals surface area contributed by atoms with Crippen LogP contribution in [0, 0.1) is 0 Å². The molecule has 0 saturated carbocycles. The number of hydrogen-bond donors (Lipinski definition) is 2. The molecule has 33 heavy (non-hydrogen) atoms. The molecule has 0 radical (unpaired) electrons. The lowest BCUT2D eigenvalue weighted by Gasteiger charge is -2.34. The van der Waals surface area contributed by atoms with Gasteiger partial charge in [-0.3, -0.25) is 4.79 Å². The molecule has 8 nitrogen and oxygen atoms in total. The smallest absolute Gasteiger partial charge is 0.417 e. The van der Waals surface area contributed by atoms with Gasteiger partial charge in [-0.2, -0.15) is 13.2 Å². The number of piperidine rings is 1. The summed E-state index contributed by atoms with van der Waals surface area (Å²) in [5, 5.41) is 13.6. The highest BCUT2D eigenvalue weighted by atomic mass is 32.1. The van der Waals surface area contributed by atoms with Crippen LogP contribution in [0.25, 0.3) is 10.2 Å². The van der Waals surface area contributed by atoms with Crippen molar-refractivity contribution < 1.29 is 32.6 Å². The van der Waals surface area contributed by atoms with E-state index < -0.39 is 29.8 Å². The number of carbonyl (C=O) groups excluding carboxylic acids is 2. The number of fused-ring (bicyclic) bond motifs is 1. The van der Waals surface area contributed by atoms with Crippen molar-refractivity contribution in [2.24, 2.45) is 0 Å². The van der Waals surface area contributed by atoms with Gasteiger partial charge in [-0.15, -0.1) is 11.3 Å². The van der Waals surface area contributed by atoms with Crippen molar-refractivity contribution >= 4 is 39.4 Å². The molecule has 2 aliphatic rings. The van der Waals surface area contributed by atoms with E-state index in [1.807, 2.05) is 0 Å². The van der Waals surface area contributed by atoms with E-state index in [-0.39, 0.29) is 33.7 Å². The lowest BCUT2D eigenvalue weighted by atomic mass is 10.1. The van der Waals surface area contributed by atoms with Crippen molar-refractivity contribution in [1.29, 1.82) is 0 Å². The van der Waals surface area contributed by atoms with Crippen LogP contribution in [0.5, 0.6) is 0 Å². The highest BCUT2D eigenvalue weighted by Crippen LogP contribution is 2.40. The molecular formula is C21H25F3N4O4S. The first kappa shape index (κ1) is 23.6. The standard InChI is InChI=1S/C21H25F3N4O4S/c1-11-15(29)5-8-28(11)20(31)32-12-3-6-27(7-4-12)16-9-14(21(22,23)24)18-17(26-16)13(10-33-18)19(30)25-2/h9-12,15,29H,3-8H2,1-2H3,(H,25,30)/t11-,15+/m0/s1. The van der Waals surface area contributed by atoms with E-state index in [4.69, 9.17) is 4.74 Å². The molecule has 0 aliphatic carbocycles. The Hall–Kier alpha value is -2.60. The van der Waals surface area contributed by atoms with Crippen LogP contribution in [-0.2, 0) is 10.9 Å². The number of pyridine rings is 1. The molecule has 0 unspecified atom stereocenters. The zero-order valence-corrected chi connectivity index (χ0v) is 19.0. The van der Waals surface area contributed by atoms with E-state index in [0.717, 1.165) is 17.4 Å². The minimum absolute atomic E-state index is 0.0271. The second-order valence-electron chi connectivity index (χ2n) is 8.29. The number of hydrogen-bond acceptors (Lipinski definition) is 7. The van der Waals surface area contributed by atoms with Gasteiger partial charge in [0.05, 0.1) is 33.5 Å². The fraction of sp³-hybridized carbons (Fsp3) is 0.571. The highest BCUT2D eigenvalue weighted by Gasteiger charge is 2.37. The fourth-order valence-corrected chi connectivity index (χ4v) is 5.28. The van der Waals surface area contributed by atoms with Crippen LogP contribution in [0.2, 0.25) is 0 Å². The number of rotatable bonds is 3. The van der Waals surface area contributed by atoms with Gasteiger partial charge in [0.1, 0.15) is 11.9 Å². The number of likely N-dealkylation sites (tertiary alicyclic amines) is 1. The first-order valence-electron chi connectivity index (χ1n) is 10.7. The summed E-state index contributed by atoms with van der Waals surface area (Å²) in [4.78, 5) is 32.2. The van der Waals surface area contributed by atoms with Crippen molar-refractivity contribution in [2.45, 2.75) is 50.6 Å². The molecule has 0 bridgehead atoms. The first-order chi connectivity index (χ1) is 15.6. The molecule has 2 aliphatic heterocycles. The molecular weight excluding hydrogens is 461 g/mol. The predicted octanol–water partition coefficient (Wildman–Crippen LogP) is 3.24. The number of halogens is 3. The van der Waals surface area contributed by atoms with Crippen LogP contribution in [0.4, 0.5) is 23.8 Å². The van der Waals surface area contributed by atoms with E-state index in [9.17, 15) is 27.9 Å². The van der Waals surface area contributed by atoms with Crippen LogP contribution >= 0.6 is 11.3 Å². The second-order valence-corrected chi connectivity index (χ2v) is 9.17. The summed E-state index contributed by atoms with van der Waals surface area (Å²) in [6.07, 6.45) is -4.64. The quantitative estimate of drug-likeness (QED) is 0.692. The number of aliphatic hydroxyl groups is 1. The molecule has 4 rings (SSSR count). The predicted molar refractivity (Wildman–Crippen MR) is 117 cm³/mol. The summed E-state index contributed by atoms with van der Waals surface area (Å²) in [6, 6.07) is 0.709. The van der Waals surface area contributed by atoms with E-state index in [1.54, 1.807) is 11.8 Å². The van der Waals surface area contributed by atoms with Crippen molar-refractivity contribution in [3.8, 4) is 0 Å². The third kappa shape index (κ3) is 4.58. The van der Waals surface area contributed by atoms with Gasteiger partial charge >= 0.3 is 12.3 Å². The normalized spacial score (nSPS) is 22.1. The zero-order valence-electron chi connectivity index (χ0n) is 18.2. The zero-order chi connectivity index (χ0) is 23.9. The summed E-state index contributed by atoms with van der Waals surface area (Å²) < 4.78 is 46.8. The van der Waals surface area contributed by atoms with E-state index in [2.05, 4.69) is 10.3 Å². The number of nitrogens with one attached hydrogen (secondary N) is 1.